The van der Waals surface area contributed by atoms with Crippen LogP contribution in [-0.4, -0.2) is 14.8 Å². The summed E-state index contributed by atoms with van der Waals surface area (Å²) < 4.78 is 2.00. The Hall–Kier alpha value is -4.76. The summed E-state index contributed by atoms with van der Waals surface area (Å²) in [5, 5.41) is 4.63. The van der Waals surface area contributed by atoms with Gasteiger partial charge < -0.3 is 0 Å². The minimum absolute atomic E-state index is 0.854. The zero-order valence-corrected chi connectivity index (χ0v) is 22.6. The van der Waals surface area contributed by atoms with E-state index in [0.717, 1.165) is 34.8 Å². The van der Waals surface area contributed by atoms with E-state index in [0.29, 0.717) is 0 Å². The fraction of sp³-hybridized carbons (Fsp3) is 0.111. The molecule has 6 aromatic rings. The Morgan fingerprint density at radius 3 is 1.72 bits per heavy atom. The van der Waals surface area contributed by atoms with Crippen LogP contribution in [0.4, 0.5) is 0 Å². The van der Waals surface area contributed by atoms with Crippen LogP contribution in [0.15, 0.2) is 121 Å². The van der Waals surface area contributed by atoms with Crippen molar-refractivity contribution in [1.29, 1.82) is 0 Å². The molecule has 3 nitrogen and oxygen atoms in total. The van der Waals surface area contributed by atoms with Crippen molar-refractivity contribution in [2.45, 2.75) is 27.2 Å². The van der Waals surface area contributed by atoms with Crippen molar-refractivity contribution in [3.63, 3.8) is 0 Å². The Morgan fingerprint density at radius 2 is 1.15 bits per heavy atom. The standard InChI is InChI=1S/C36H31N3/c1-25-20-21-37-36(22-25)30-14-12-28(13-15-30)34-10-6-4-8-31(34)24-32-9-5-7-11-35(32)29-16-18-33(19-17-29)39-27(3)23-26(2)38-39/h4-23H,24H2,1-3H3. The van der Waals surface area contributed by atoms with E-state index in [9.17, 15) is 0 Å². The molecule has 0 unspecified atom stereocenters. The van der Waals surface area contributed by atoms with Gasteiger partial charge in [0.1, 0.15) is 0 Å². The van der Waals surface area contributed by atoms with Gasteiger partial charge in [-0.2, -0.15) is 5.10 Å². The molecule has 0 aliphatic carbocycles. The minimum atomic E-state index is 0.854. The van der Waals surface area contributed by atoms with Crippen LogP contribution in [0.3, 0.4) is 0 Å². The highest BCUT2D eigenvalue weighted by Gasteiger charge is 2.11. The molecule has 0 aliphatic heterocycles. The quantitative estimate of drug-likeness (QED) is 0.226. The third-order valence-electron chi connectivity index (χ3n) is 7.26. The summed E-state index contributed by atoms with van der Waals surface area (Å²) >= 11 is 0. The van der Waals surface area contributed by atoms with E-state index in [2.05, 4.69) is 133 Å². The highest BCUT2D eigenvalue weighted by atomic mass is 15.3. The molecular weight excluding hydrogens is 474 g/mol. The van der Waals surface area contributed by atoms with E-state index >= 15 is 0 Å². The lowest BCUT2D eigenvalue weighted by Crippen LogP contribution is -1.99. The zero-order chi connectivity index (χ0) is 26.8. The van der Waals surface area contributed by atoms with Crippen molar-refractivity contribution >= 4 is 0 Å². The van der Waals surface area contributed by atoms with Gasteiger partial charge in [-0.05, 0) is 96.5 Å². The molecule has 0 aliphatic rings. The Labute approximate surface area is 230 Å². The maximum Gasteiger partial charge on any atom is 0.0704 e. The van der Waals surface area contributed by atoms with Crippen LogP contribution >= 0.6 is 0 Å². The minimum Gasteiger partial charge on any atom is -0.256 e. The van der Waals surface area contributed by atoms with Gasteiger partial charge >= 0.3 is 0 Å². The number of aromatic nitrogens is 3. The van der Waals surface area contributed by atoms with E-state index in [1.807, 2.05) is 23.9 Å². The lowest BCUT2D eigenvalue weighted by Gasteiger charge is -2.14. The van der Waals surface area contributed by atoms with Crippen molar-refractivity contribution in [3.8, 4) is 39.2 Å². The van der Waals surface area contributed by atoms with Gasteiger partial charge in [0.05, 0.1) is 17.1 Å². The first kappa shape index (κ1) is 24.6. The first-order valence-electron chi connectivity index (χ1n) is 13.4. The van der Waals surface area contributed by atoms with E-state index in [1.165, 1.54) is 38.9 Å². The van der Waals surface area contributed by atoms with E-state index in [4.69, 9.17) is 0 Å². The van der Waals surface area contributed by atoms with Crippen molar-refractivity contribution in [2.75, 3.05) is 0 Å². The molecule has 0 amide bonds. The maximum atomic E-state index is 4.63. The molecule has 3 heteroatoms. The van der Waals surface area contributed by atoms with Crippen LogP contribution in [0, 0.1) is 20.8 Å². The van der Waals surface area contributed by atoms with Gasteiger partial charge in [0.15, 0.2) is 0 Å². The van der Waals surface area contributed by atoms with E-state index in [-0.39, 0.29) is 0 Å². The number of hydrogen-bond acceptors (Lipinski definition) is 2. The van der Waals surface area contributed by atoms with Gasteiger partial charge in [-0.3, -0.25) is 4.98 Å². The Kier molecular flexibility index (Phi) is 6.64. The highest BCUT2D eigenvalue weighted by molar-refractivity contribution is 5.74. The summed E-state index contributed by atoms with van der Waals surface area (Å²) in [6.07, 6.45) is 2.73. The molecule has 2 aromatic heterocycles. The molecule has 0 radical (unpaired) electrons. The maximum absolute atomic E-state index is 4.63. The molecule has 2 heterocycles. The third kappa shape index (κ3) is 5.17. The Morgan fingerprint density at radius 1 is 0.590 bits per heavy atom. The molecule has 0 atom stereocenters. The topological polar surface area (TPSA) is 30.7 Å². The molecule has 0 fully saturated rings. The summed E-state index contributed by atoms with van der Waals surface area (Å²) in [5.41, 5.74) is 14.2. The van der Waals surface area contributed by atoms with E-state index < -0.39 is 0 Å². The van der Waals surface area contributed by atoms with Gasteiger partial charge in [-0.1, -0.05) is 84.9 Å². The summed E-state index contributed by atoms with van der Waals surface area (Å²) in [5.74, 6) is 0. The number of pyridine rings is 1. The van der Waals surface area contributed by atoms with E-state index in [1.54, 1.807) is 0 Å². The first-order valence-corrected chi connectivity index (χ1v) is 13.4. The summed E-state index contributed by atoms with van der Waals surface area (Å²) in [4.78, 5) is 4.55. The molecule has 0 saturated heterocycles. The number of nitrogens with zero attached hydrogens (tertiary/aromatic N) is 3. The second-order valence-electron chi connectivity index (χ2n) is 10.2. The van der Waals surface area contributed by atoms with Gasteiger partial charge in [-0.25, -0.2) is 4.68 Å². The predicted molar refractivity (Wildman–Crippen MR) is 161 cm³/mol. The van der Waals surface area contributed by atoms with Crippen LogP contribution < -0.4 is 0 Å². The Balaban J connectivity index is 1.30. The number of rotatable bonds is 6. The van der Waals surface area contributed by atoms with Crippen molar-refractivity contribution in [1.82, 2.24) is 14.8 Å². The molecule has 0 saturated carbocycles. The molecular formula is C36H31N3. The summed E-state index contributed by atoms with van der Waals surface area (Å²) in [7, 11) is 0. The normalized spacial score (nSPS) is 11.1. The molecule has 6 rings (SSSR count). The van der Waals surface area contributed by atoms with Gasteiger partial charge in [0, 0.05) is 17.5 Å². The highest BCUT2D eigenvalue weighted by Crippen LogP contribution is 2.32. The summed E-state index contributed by atoms with van der Waals surface area (Å²) in [6, 6.07) is 41.2. The molecule has 0 spiro atoms. The second kappa shape index (κ2) is 10.5. The second-order valence-corrected chi connectivity index (χ2v) is 10.2. The lowest BCUT2D eigenvalue weighted by molar-refractivity contribution is 0.834. The molecule has 39 heavy (non-hydrogen) atoms. The van der Waals surface area contributed by atoms with Crippen LogP contribution in [-0.2, 0) is 6.42 Å². The van der Waals surface area contributed by atoms with Crippen LogP contribution in [0.2, 0.25) is 0 Å². The van der Waals surface area contributed by atoms with Gasteiger partial charge in [0.2, 0.25) is 0 Å². The van der Waals surface area contributed by atoms with Crippen LogP contribution in [0.25, 0.3) is 39.2 Å². The monoisotopic (exact) mass is 505 g/mol. The SMILES string of the molecule is Cc1ccnc(-c2ccc(-c3ccccc3Cc3ccccc3-c3ccc(-n4nc(C)cc4C)cc3)cc2)c1. The number of aryl methyl sites for hydroxylation is 3. The predicted octanol–water partition coefficient (Wildman–Crippen LogP) is 8.78. The van der Waals surface area contributed by atoms with Crippen LogP contribution in [0.5, 0.6) is 0 Å². The van der Waals surface area contributed by atoms with Crippen molar-refractivity contribution in [2.24, 2.45) is 0 Å². The smallest absolute Gasteiger partial charge is 0.0704 e. The van der Waals surface area contributed by atoms with Crippen molar-refractivity contribution < 1.29 is 0 Å². The molecule has 0 bridgehead atoms. The Bertz CT molecular complexity index is 1740. The third-order valence-corrected chi connectivity index (χ3v) is 7.26. The average molecular weight is 506 g/mol. The molecule has 4 aromatic carbocycles. The lowest BCUT2D eigenvalue weighted by atomic mass is 9.90. The summed E-state index contributed by atoms with van der Waals surface area (Å²) in [6.45, 7) is 6.22. The number of benzene rings is 4. The zero-order valence-electron chi connectivity index (χ0n) is 22.6. The number of hydrogen-bond donors (Lipinski definition) is 0. The van der Waals surface area contributed by atoms with Gasteiger partial charge in [-0.15, -0.1) is 0 Å². The van der Waals surface area contributed by atoms with Gasteiger partial charge in [0.25, 0.3) is 0 Å². The first-order chi connectivity index (χ1) is 19.0. The average Bonchev–Trinajstić information content (AvgIpc) is 3.31. The van der Waals surface area contributed by atoms with Crippen LogP contribution in [0.1, 0.15) is 28.1 Å². The fourth-order valence-corrected chi connectivity index (χ4v) is 5.30. The molecule has 0 N–H and O–H groups in total. The fourth-order valence-electron chi connectivity index (χ4n) is 5.30. The molecule has 190 valence electrons. The van der Waals surface area contributed by atoms with Crippen molar-refractivity contribution in [3.05, 3.63) is 150 Å². The largest absolute Gasteiger partial charge is 0.256 e.